The normalized spacial score (nSPS) is 25.6. The van der Waals surface area contributed by atoms with Gasteiger partial charge in [-0.25, -0.2) is 0 Å². The summed E-state index contributed by atoms with van der Waals surface area (Å²) < 4.78 is 1.55. The zero-order chi connectivity index (χ0) is 10.1. The van der Waals surface area contributed by atoms with E-state index in [-0.39, 0.29) is 17.7 Å². The molecule has 0 aromatic carbocycles. The molecule has 0 unspecified atom stereocenters. The minimum atomic E-state index is -0.273. The Bertz CT molecular complexity index is 386. The van der Waals surface area contributed by atoms with E-state index < -0.39 is 0 Å². The summed E-state index contributed by atoms with van der Waals surface area (Å²) in [6, 6.07) is 5.17. The molecule has 1 heterocycles. The van der Waals surface area contributed by atoms with Gasteiger partial charge in [-0.1, -0.05) is 6.07 Å². The van der Waals surface area contributed by atoms with E-state index in [1.807, 2.05) is 6.07 Å². The van der Waals surface area contributed by atoms with E-state index in [0.29, 0.717) is 0 Å². The number of nitrogens with zero attached hydrogens (tertiary/aromatic N) is 1. The topological polar surface area (TPSA) is 54.3 Å². The molecule has 0 radical (unpaired) electrons. The Hall–Kier alpha value is -1.29. The van der Waals surface area contributed by atoms with Crippen molar-refractivity contribution in [1.29, 1.82) is 0 Å². The first-order valence-corrected chi connectivity index (χ1v) is 4.79. The van der Waals surface area contributed by atoms with Gasteiger partial charge in [-0.2, -0.15) is 0 Å². The third kappa shape index (κ3) is 1.53. The zero-order valence-corrected chi connectivity index (χ0v) is 8.10. The van der Waals surface area contributed by atoms with Crippen molar-refractivity contribution in [2.24, 2.45) is 7.05 Å². The molecular weight excluding hydrogens is 180 g/mol. The highest BCUT2D eigenvalue weighted by Crippen LogP contribution is 2.23. The van der Waals surface area contributed by atoms with Crippen LogP contribution in [0.1, 0.15) is 12.8 Å². The fraction of sp³-hybridized carbons (Fsp3) is 0.500. The van der Waals surface area contributed by atoms with E-state index in [4.69, 9.17) is 0 Å². The summed E-state index contributed by atoms with van der Waals surface area (Å²) >= 11 is 0. The van der Waals surface area contributed by atoms with Crippen molar-refractivity contribution < 1.29 is 5.11 Å². The first kappa shape index (κ1) is 9.27. The molecule has 1 aliphatic rings. The first-order valence-electron chi connectivity index (χ1n) is 4.79. The van der Waals surface area contributed by atoms with Crippen LogP contribution >= 0.6 is 0 Å². The Balaban J connectivity index is 2.16. The molecule has 76 valence electrons. The molecule has 2 atom stereocenters. The highest BCUT2D eigenvalue weighted by atomic mass is 16.3. The summed E-state index contributed by atoms with van der Waals surface area (Å²) in [6.07, 6.45) is 1.54. The van der Waals surface area contributed by atoms with Gasteiger partial charge in [0.1, 0.15) is 5.82 Å². The Kier molecular flexibility index (Phi) is 2.29. The number of anilines is 1. The quantitative estimate of drug-likeness (QED) is 0.713. The number of hydrogen-bond acceptors (Lipinski definition) is 3. The molecule has 0 aliphatic heterocycles. The van der Waals surface area contributed by atoms with Crippen LogP contribution in [0.15, 0.2) is 23.0 Å². The predicted octanol–water partition coefficient (Wildman–Crippen LogP) is 0.320. The standard InChI is InChI=1S/C10H14N2O2/c1-12-9(3-2-4-10(12)14)11-7-5-6-8(7)13/h2-4,7-8,11,13H,5-6H2,1H3/t7-,8-/m1/s1. The van der Waals surface area contributed by atoms with Crippen LogP contribution in [0.2, 0.25) is 0 Å². The second kappa shape index (κ2) is 3.46. The second-order valence-corrected chi connectivity index (χ2v) is 3.70. The summed E-state index contributed by atoms with van der Waals surface area (Å²) in [5.41, 5.74) is -0.0381. The lowest BCUT2D eigenvalue weighted by Gasteiger charge is -2.34. The lowest BCUT2D eigenvalue weighted by atomic mass is 9.89. The first-order chi connectivity index (χ1) is 6.68. The summed E-state index contributed by atoms with van der Waals surface area (Å²) in [6.45, 7) is 0. The number of pyridine rings is 1. The van der Waals surface area contributed by atoms with Crippen LogP contribution in [0.25, 0.3) is 0 Å². The van der Waals surface area contributed by atoms with Crippen molar-refractivity contribution >= 4 is 5.82 Å². The maximum absolute atomic E-state index is 11.3. The van der Waals surface area contributed by atoms with Crippen LogP contribution in [0, 0.1) is 0 Å². The maximum atomic E-state index is 11.3. The highest BCUT2D eigenvalue weighted by molar-refractivity contribution is 5.37. The van der Waals surface area contributed by atoms with Crippen molar-refractivity contribution in [3.05, 3.63) is 28.6 Å². The van der Waals surface area contributed by atoms with Crippen molar-refractivity contribution in [3.8, 4) is 0 Å². The third-order valence-corrected chi connectivity index (χ3v) is 2.76. The fourth-order valence-electron chi connectivity index (χ4n) is 1.55. The van der Waals surface area contributed by atoms with E-state index in [0.717, 1.165) is 18.7 Å². The molecule has 0 amide bonds. The van der Waals surface area contributed by atoms with E-state index in [1.54, 1.807) is 17.7 Å². The average molecular weight is 194 g/mol. The van der Waals surface area contributed by atoms with E-state index in [1.165, 1.54) is 6.07 Å². The van der Waals surface area contributed by atoms with Gasteiger partial charge in [0.05, 0.1) is 12.1 Å². The van der Waals surface area contributed by atoms with Crippen molar-refractivity contribution in [3.63, 3.8) is 0 Å². The third-order valence-electron chi connectivity index (χ3n) is 2.76. The summed E-state index contributed by atoms with van der Waals surface area (Å²) in [7, 11) is 1.72. The zero-order valence-electron chi connectivity index (χ0n) is 8.10. The van der Waals surface area contributed by atoms with Gasteiger partial charge in [0.2, 0.25) is 0 Å². The molecule has 1 saturated carbocycles. The van der Waals surface area contributed by atoms with Crippen molar-refractivity contribution in [1.82, 2.24) is 4.57 Å². The SMILES string of the molecule is Cn1c(N[C@@H]2CC[C@H]2O)cccc1=O. The number of hydrogen-bond donors (Lipinski definition) is 2. The van der Waals surface area contributed by atoms with Crippen LogP contribution in [0.3, 0.4) is 0 Å². The average Bonchev–Trinajstić information content (AvgIpc) is 2.18. The Morgan fingerprint density at radius 3 is 2.86 bits per heavy atom. The minimum absolute atomic E-state index is 0.0381. The molecule has 1 aromatic rings. The van der Waals surface area contributed by atoms with Gasteiger partial charge in [0, 0.05) is 13.1 Å². The van der Waals surface area contributed by atoms with Crippen molar-refractivity contribution in [2.75, 3.05) is 5.32 Å². The molecule has 0 spiro atoms. The smallest absolute Gasteiger partial charge is 0.251 e. The van der Waals surface area contributed by atoms with Gasteiger partial charge < -0.3 is 10.4 Å². The number of nitrogens with one attached hydrogen (secondary N) is 1. The Morgan fingerprint density at radius 2 is 2.29 bits per heavy atom. The molecule has 2 rings (SSSR count). The van der Waals surface area contributed by atoms with Crippen LogP contribution in [0.4, 0.5) is 5.82 Å². The van der Waals surface area contributed by atoms with Gasteiger partial charge in [0.25, 0.3) is 5.56 Å². The van der Waals surface area contributed by atoms with Crippen LogP contribution in [-0.2, 0) is 7.05 Å². The summed E-state index contributed by atoms with van der Waals surface area (Å²) in [4.78, 5) is 11.3. The summed E-state index contributed by atoms with van der Waals surface area (Å²) in [5, 5.41) is 12.5. The Morgan fingerprint density at radius 1 is 1.50 bits per heavy atom. The number of aliphatic hydroxyl groups is 1. The fourth-order valence-corrected chi connectivity index (χ4v) is 1.55. The van der Waals surface area contributed by atoms with Crippen molar-refractivity contribution in [2.45, 2.75) is 25.0 Å². The molecule has 1 aromatic heterocycles. The molecule has 2 N–H and O–H groups in total. The molecule has 4 heteroatoms. The lowest BCUT2D eigenvalue weighted by Crippen LogP contribution is -2.43. The lowest BCUT2D eigenvalue weighted by molar-refractivity contribution is 0.0783. The van der Waals surface area contributed by atoms with E-state index in [9.17, 15) is 9.90 Å². The van der Waals surface area contributed by atoms with Gasteiger partial charge >= 0.3 is 0 Å². The van der Waals surface area contributed by atoms with Gasteiger partial charge in [-0.15, -0.1) is 0 Å². The van der Waals surface area contributed by atoms with Gasteiger partial charge in [-0.05, 0) is 18.9 Å². The maximum Gasteiger partial charge on any atom is 0.251 e. The minimum Gasteiger partial charge on any atom is -0.391 e. The van der Waals surface area contributed by atoms with E-state index in [2.05, 4.69) is 5.32 Å². The second-order valence-electron chi connectivity index (χ2n) is 3.70. The molecule has 1 aliphatic carbocycles. The van der Waals surface area contributed by atoms with E-state index >= 15 is 0 Å². The largest absolute Gasteiger partial charge is 0.391 e. The molecular formula is C10H14N2O2. The monoisotopic (exact) mass is 194 g/mol. The van der Waals surface area contributed by atoms with Crippen LogP contribution in [-0.4, -0.2) is 21.8 Å². The predicted molar refractivity (Wildman–Crippen MR) is 54.3 cm³/mol. The van der Waals surface area contributed by atoms with Gasteiger partial charge in [-0.3, -0.25) is 9.36 Å². The molecule has 4 nitrogen and oxygen atoms in total. The number of rotatable bonds is 2. The molecule has 1 fully saturated rings. The Labute approximate surface area is 82.2 Å². The molecule has 0 bridgehead atoms. The van der Waals surface area contributed by atoms with Crippen LogP contribution in [0.5, 0.6) is 0 Å². The summed E-state index contributed by atoms with van der Waals surface area (Å²) in [5.74, 6) is 0.765. The van der Waals surface area contributed by atoms with Crippen LogP contribution < -0.4 is 10.9 Å². The highest BCUT2D eigenvalue weighted by Gasteiger charge is 2.28. The number of aromatic nitrogens is 1. The molecule has 14 heavy (non-hydrogen) atoms. The molecule has 0 saturated heterocycles. The van der Waals surface area contributed by atoms with Gasteiger partial charge in [0.15, 0.2) is 0 Å². The number of aliphatic hydroxyl groups excluding tert-OH is 1.